The largest absolute Gasteiger partial charge is 0.369 e. The lowest BCUT2D eigenvalue weighted by atomic mass is 10.1. The monoisotopic (exact) mass is 319 g/mol. The summed E-state index contributed by atoms with van der Waals surface area (Å²) in [7, 11) is -9.02. The number of hydrogen-bond donors (Lipinski definition) is 5. The lowest BCUT2D eigenvalue weighted by Gasteiger charge is -2.31. The molecule has 19 heavy (non-hydrogen) atoms. The molecule has 0 heterocycles. The first kappa shape index (κ1) is 19.2. The van der Waals surface area contributed by atoms with E-state index in [0.717, 1.165) is 6.42 Å². The summed E-state index contributed by atoms with van der Waals surface area (Å²) in [5.74, 6) is 0.336. The van der Waals surface area contributed by atoms with E-state index in [2.05, 4.69) is 0 Å². The minimum atomic E-state index is -5.34. The Morgan fingerprint density at radius 2 is 1.58 bits per heavy atom. The zero-order valence-electron chi connectivity index (χ0n) is 11.3. The molecule has 0 saturated carbocycles. The molecule has 0 aliphatic rings. The molecule has 0 aliphatic heterocycles. The normalized spacial score (nSPS) is 15.8. The molecule has 0 saturated heterocycles. The zero-order chi connectivity index (χ0) is 15.5. The van der Waals surface area contributed by atoms with Crippen LogP contribution in [0.2, 0.25) is 0 Å². The second kappa shape index (κ2) is 6.78. The Kier molecular flexibility index (Phi) is 6.86. The van der Waals surface area contributed by atoms with Gasteiger partial charge in [-0.05, 0) is 13.0 Å². The molecule has 10 heteroatoms. The van der Waals surface area contributed by atoms with Crippen LogP contribution >= 0.6 is 15.2 Å². The molecule has 0 aromatic rings. The topological polar surface area (TPSA) is 139 Å². The van der Waals surface area contributed by atoms with Crippen molar-refractivity contribution >= 4 is 15.2 Å². The molecule has 0 bridgehead atoms. The number of nitrogens with zero attached hydrogens (tertiary/aromatic N) is 1. The second-order valence-electron chi connectivity index (χ2n) is 4.89. The Morgan fingerprint density at radius 3 is 1.89 bits per heavy atom. The van der Waals surface area contributed by atoms with Crippen LogP contribution in [0.4, 0.5) is 0 Å². The molecule has 0 amide bonds. The Labute approximate surface area is 112 Å². The summed E-state index contributed by atoms with van der Waals surface area (Å²) in [6.45, 7) is 4.54. The highest BCUT2D eigenvalue weighted by Gasteiger charge is 2.58. The van der Waals surface area contributed by atoms with Crippen LogP contribution in [0.1, 0.15) is 26.7 Å². The second-order valence-corrected chi connectivity index (χ2v) is 8.90. The van der Waals surface area contributed by atoms with Crippen LogP contribution < -0.4 is 0 Å². The van der Waals surface area contributed by atoms with Gasteiger partial charge in [0.05, 0.1) is 0 Å². The van der Waals surface area contributed by atoms with Gasteiger partial charge in [0.1, 0.15) is 0 Å². The molecule has 0 aromatic carbocycles. The summed E-state index contributed by atoms with van der Waals surface area (Å²) < 4.78 is 22.2. The van der Waals surface area contributed by atoms with Gasteiger partial charge in [0.15, 0.2) is 0 Å². The highest BCUT2D eigenvalue weighted by molar-refractivity contribution is 7.72. The Hall–Kier alpha value is 0.220. The quantitative estimate of drug-likeness (QED) is 0.404. The van der Waals surface area contributed by atoms with Crippen molar-refractivity contribution in [3.8, 4) is 0 Å². The third-order valence-electron chi connectivity index (χ3n) is 3.08. The number of hydrogen-bond acceptors (Lipinski definition) is 4. The molecule has 0 radical (unpaired) electrons. The van der Waals surface area contributed by atoms with Gasteiger partial charge in [-0.3, -0.25) is 9.13 Å². The molecule has 0 rings (SSSR count). The van der Waals surface area contributed by atoms with Crippen molar-refractivity contribution < 1.29 is 33.8 Å². The van der Waals surface area contributed by atoms with Gasteiger partial charge in [0.25, 0.3) is 5.08 Å². The fraction of sp³-hybridized carbons (Fsp3) is 1.00. The Bertz CT molecular complexity index is 355. The van der Waals surface area contributed by atoms with Gasteiger partial charge in [-0.1, -0.05) is 20.3 Å². The van der Waals surface area contributed by atoms with E-state index in [-0.39, 0.29) is 6.54 Å². The van der Waals surface area contributed by atoms with Crippen LogP contribution in [-0.4, -0.2) is 54.8 Å². The minimum Gasteiger partial charge on any atom is -0.367 e. The fourth-order valence-electron chi connectivity index (χ4n) is 1.55. The molecule has 1 unspecified atom stereocenters. The highest BCUT2D eigenvalue weighted by atomic mass is 31.2. The molecular formula is C9H23NO7P2. The van der Waals surface area contributed by atoms with Gasteiger partial charge in [0.2, 0.25) is 0 Å². The summed E-state index contributed by atoms with van der Waals surface area (Å²) >= 11 is 0. The molecule has 116 valence electrons. The summed E-state index contributed by atoms with van der Waals surface area (Å²) in [5.41, 5.74) is 0. The van der Waals surface area contributed by atoms with Crippen LogP contribution in [-0.2, 0) is 9.13 Å². The van der Waals surface area contributed by atoms with E-state index in [1.54, 1.807) is 11.9 Å². The minimum absolute atomic E-state index is 0.0307. The fourth-order valence-corrected chi connectivity index (χ4v) is 3.69. The van der Waals surface area contributed by atoms with Crippen molar-refractivity contribution in [2.75, 3.05) is 20.1 Å². The van der Waals surface area contributed by atoms with Gasteiger partial charge >= 0.3 is 15.2 Å². The summed E-state index contributed by atoms with van der Waals surface area (Å²) in [6.07, 6.45) is 0.208. The maximum absolute atomic E-state index is 11.1. The molecule has 5 N–H and O–H groups in total. The van der Waals surface area contributed by atoms with Crippen LogP contribution in [0, 0.1) is 5.92 Å². The van der Waals surface area contributed by atoms with Crippen molar-refractivity contribution in [2.24, 2.45) is 5.92 Å². The van der Waals surface area contributed by atoms with Crippen molar-refractivity contribution in [2.45, 2.75) is 31.8 Å². The van der Waals surface area contributed by atoms with Crippen LogP contribution in [0.25, 0.3) is 0 Å². The van der Waals surface area contributed by atoms with Gasteiger partial charge in [-0.25, -0.2) is 0 Å². The zero-order valence-corrected chi connectivity index (χ0v) is 13.1. The molecule has 8 nitrogen and oxygen atoms in total. The molecule has 0 aromatic heterocycles. The predicted molar refractivity (Wildman–Crippen MR) is 70.6 cm³/mol. The summed E-state index contributed by atoms with van der Waals surface area (Å²) in [5, 5.41) is 6.36. The van der Waals surface area contributed by atoms with Crippen molar-refractivity contribution in [1.82, 2.24) is 4.90 Å². The highest BCUT2D eigenvalue weighted by Crippen LogP contribution is 2.68. The van der Waals surface area contributed by atoms with Crippen molar-refractivity contribution in [1.29, 1.82) is 0 Å². The van der Waals surface area contributed by atoms with E-state index in [9.17, 15) is 14.2 Å². The first-order chi connectivity index (χ1) is 8.35. The molecule has 1 atom stereocenters. The summed E-state index contributed by atoms with van der Waals surface area (Å²) in [4.78, 5) is 37.5. The standard InChI is InChI=1S/C9H23NO7P2/c1-4-8(2)7-10(3)6-5-9(11,18(12,13)14)19(15,16)17/h8,11H,4-7H2,1-3H3,(H2,12,13,14)(H2,15,16,17). The van der Waals surface area contributed by atoms with E-state index < -0.39 is 26.7 Å². The van der Waals surface area contributed by atoms with Crippen molar-refractivity contribution in [3.05, 3.63) is 0 Å². The van der Waals surface area contributed by atoms with Crippen LogP contribution in [0.5, 0.6) is 0 Å². The molecular weight excluding hydrogens is 296 g/mol. The van der Waals surface area contributed by atoms with Gasteiger partial charge < -0.3 is 29.6 Å². The van der Waals surface area contributed by atoms with E-state index in [4.69, 9.17) is 19.6 Å². The lowest BCUT2D eigenvalue weighted by Crippen LogP contribution is -2.35. The van der Waals surface area contributed by atoms with Gasteiger partial charge in [-0.2, -0.15) is 0 Å². The van der Waals surface area contributed by atoms with Crippen LogP contribution in [0.3, 0.4) is 0 Å². The van der Waals surface area contributed by atoms with Crippen LogP contribution in [0.15, 0.2) is 0 Å². The average Bonchev–Trinajstić information content (AvgIpc) is 2.22. The maximum Gasteiger partial charge on any atom is 0.369 e. The Morgan fingerprint density at radius 1 is 1.16 bits per heavy atom. The van der Waals surface area contributed by atoms with E-state index in [0.29, 0.717) is 12.5 Å². The van der Waals surface area contributed by atoms with E-state index in [1.807, 2.05) is 13.8 Å². The van der Waals surface area contributed by atoms with Gasteiger partial charge in [-0.15, -0.1) is 0 Å². The first-order valence-electron chi connectivity index (χ1n) is 5.87. The third-order valence-corrected chi connectivity index (χ3v) is 6.96. The lowest BCUT2D eigenvalue weighted by molar-refractivity contribution is 0.110. The smallest absolute Gasteiger partial charge is 0.367 e. The molecule has 0 spiro atoms. The van der Waals surface area contributed by atoms with Gasteiger partial charge in [0, 0.05) is 19.5 Å². The SMILES string of the molecule is CCC(C)CN(C)CCC(O)(P(=O)(O)O)P(=O)(O)O. The number of rotatable bonds is 8. The molecule has 0 fully saturated rings. The Balaban J connectivity index is 4.82. The third kappa shape index (κ3) is 5.25. The predicted octanol–water partition coefficient (Wildman–Crippen LogP) is 0.356. The average molecular weight is 319 g/mol. The summed E-state index contributed by atoms with van der Waals surface area (Å²) in [6, 6.07) is 0. The maximum atomic E-state index is 11.1. The van der Waals surface area contributed by atoms with E-state index in [1.165, 1.54) is 0 Å². The van der Waals surface area contributed by atoms with Crippen molar-refractivity contribution in [3.63, 3.8) is 0 Å². The van der Waals surface area contributed by atoms with E-state index >= 15 is 0 Å². The molecule has 0 aliphatic carbocycles. The first-order valence-corrected chi connectivity index (χ1v) is 9.09. The number of aliphatic hydroxyl groups is 1.